The van der Waals surface area contributed by atoms with Crippen molar-refractivity contribution < 1.29 is 4.79 Å². The molecule has 0 unspecified atom stereocenters. The van der Waals surface area contributed by atoms with Crippen LogP contribution in [0.25, 0.3) is 0 Å². The number of nitrogens with zero attached hydrogens (tertiary/aromatic N) is 1. The Morgan fingerprint density at radius 3 is 2.84 bits per heavy atom. The second kappa shape index (κ2) is 4.97. The van der Waals surface area contributed by atoms with E-state index in [4.69, 9.17) is 0 Å². The van der Waals surface area contributed by atoms with Crippen LogP contribution in [-0.2, 0) is 13.0 Å². The van der Waals surface area contributed by atoms with Gasteiger partial charge >= 0.3 is 0 Å². The van der Waals surface area contributed by atoms with Gasteiger partial charge in [0.25, 0.3) is 0 Å². The summed E-state index contributed by atoms with van der Waals surface area (Å²) in [5, 5.41) is 0. The lowest BCUT2D eigenvalue weighted by Crippen LogP contribution is -2.14. The summed E-state index contributed by atoms with van der Waals surface area (Å²) < 4.78 is 3.41. The average molecular weight is 318 g/mol. The van der Waals surface area contributed by atoms with Crippen LogP contribution in [0.5, 0.6) is 0 Å². The Kier molecular flexibility index (Phi) is 3.31. The number of benzene rings is 1. The van der Waals surface area contributed by atoms with E-state index in [9.17, 15) is 4.79 Å². The van der Waals surface area contributed by atoms with Crippen molar-refractivity contribution in [3.63, 3.8) is 0 Å². The first-order chi connectivity index (χ1) is 9.16. The number of rotatable bonds is 2. The zero-order valence-electron chi connectivity index (χ0n) is 10.9. The zero-order chi connectivity index (χ0) is 13.4. The fraction of sp³-hybridized carbons (Fsp3) is 0.312. The summed E-state index contributed by atoms with van der Waals surface area (Å²) in [6.45, 7) is 2.91. The predicted octanol–water partition coefficient (Wildman–Crippen LogP) is 4.13. The van der Waals surface area contributed by atoms with Crippen LogP contribution < -0.4 is 0 Å². The Hall–Kier alpha value is -1.35. The van der Waals surface area contributed by atoms with Crippen molar-refractivity contribution in [3.05, 3.63) is 57.3 Å². The molecule has 0 aliphatic heterocycles. The molecule has 2 nitrogen and oxygen atoms in total. The average Bonchev–Trinajstić information content (AvgIpc) is 2.71. The van der Waals surface area contributed by atoms with E-state index in [2.05, 4.69) is 45.6 Å². The predicted molar refractivity (Wildman–Crippen MR) is 79.7 cm³/mol. The van der Waals surface area contributed by atoms with Gasteiger partial charge in [0.2, 0.25) is 0 Å². The highest BCUT2D eigenvalue weighted by Gasteiger charge is 2.22. The molecule has 3 rings (SSSR count). The maximum absolute atomic E-state index is 11.9. The van der Waals surface area contributed by atoms with Gasteiger partial charge in [-0.25, -0.2) is 0 Å². The normalized spacial score (nSPS) is 14.5. The first kappa shape index (κ1) is 12.7. The molecule has 0 saturated carbocycles. The fourth-order valence-electron chi connectivity index (χ4n) is 2.81. The highest BCUT2D eigenvalue weighted by Crippen LogP contribution is 2.27. The molecule has 0 fully saturated rings. The van der Waals surface area contributed by atoms with Crippen LogP contribution in [0.15, 0.2) is 34.8 Å². The van der Waals surface area contributed by atoms with E-state index >= 15 is 0 Å². The maximum Gasteiger partial charge on any atom is 0.164 e. The Balaban J connectivity index is 2.02. The van der Waals surface area contributed by atoms with Crippen LogP contribution in [0.2, 0.25) is 0 Å². The quantitative estimate of drug-likeness (QED) is 0.816. The second-order valence-electron chi connectivity index (χ2n) is 5.10. The van der Waals surface area contributed by atoms with Gasteiger partial charge in [-0.1, -0.05) is 34.1 Å². The van der Waals surface area contributed by atoms with E-state index in [1.54, 1.807) is 0 Å². The minimum absolute atomic E-state index is 0.301. The summed E-state index contributed by atoms with van der Waals surface area (Å²) in [7, 11) is 0. The molecule has 19 heavy (non-hydrogen) atoms. The molecule has 1 aromatic carbocycles. The Morgan fingerprint density at radius 2 is 2.05 bits per heavy atom. The van der Waals surface area contributed by atoms with E-state index in [-0.39, 0.29) is 0 Å². The third-order valence-electron chi connectivity index (χ3n) is 3.82. The van der Waals surface area contributed by atoms with E-state index < -0.39 is 0 Å². The number of hydrogen-bond acceptors (Lipinski definition) is 1. The number of fused-ring (bicyclic) bond motifs is 1. The van der Waals surface area contributed by atoms with Crippen molar-refractivity contribution in [2.75, 3.05) is 0 Å². The minimum atomic E-state index is 0.301. The molecule has 0 atom stereocenters. The van der Waals surface area contributed by atoms with Gasteiger partial charge in [0.05, 0.1) is 0 Å². The molecule has 0 radical (unpaired) electrons. The van der Waals surface area contributed by atoms with E-state index in [0.29, 0.717) is 12.2 Å². The lowest BCUT2D eigenvalue weighted by molar-refractivity contribution is 0.0972. The highest BCUT2D eigenvalue weighted by molar-refractivity contribution is 9.10. The van der Waals surface area contributed by atoms with Gasteiger partial charge in [-0.15, -0.1) is 0 Å². The number of Topliss-reactive ketones (excluding diaryl/α,β-unsaturated/α-hetero) is 1. The van der Waals surface area contributed by atoms with Gasteiger partial charge in [0.15, 0.2) is 5.78 Å². The van der Waals surface area contributed by atoms with E-state index in [0.717, 1.165) is 29.4 Å². The first-order valence-corrected chi connectivity index (χ1v) is 7.41. The molecule has 0 saturated heterocycles. The van der Waals surface area contributed by atoms with Crippen molar-refractivity contribution in [2.45, 2.75) is 32.7 Å². The number of hydrogen-bond donors (Lipinski definition) is 0. The van der Waals surface area contributed by atoms with Gasteiger partial charge in [-0.3, -0.25) is 4.79 Å². The van der Waals surface area contributed by atoms with Crippen LogP contribution >= 0.6 is 15.9 Å². The van der Waals surface area contributed by atoms with Gasteiger partial charge < -0.3 is 4.57 Å². The van der Waals surface area contributed by atoms with Crippen molar-refractivity contribution >= 4 is 21.7 Å². The van der Waals surface area contributed by atoms with Crippen LogP contribution in [0.3, 0.4) is 0 Å². The van der Waals surface area contributed by atoms with Gasteiger partial charge in [-0.2, -0.15) is 0 Å². The molecule has 2 aromatic rings. The highest BCUT2D eigenvalue weighted by atomic mass is 79.9. The summed E-state index contributed by atoms with van der Waals surface area (Å²) in [6, 6.07) is 10.3. The van der Waals surface area contributed by atoms with Gasteiger partial charge in [0, 0.05) is 34.4 Å². The standard InChI is InChI=1S/C16H16BrNO/c1-11-9-13-15(7-4-8-16(13)19)18(11)10-12-5-2-3-6-14(12)17/h2-3,5-6,9H,4,7-8,10H2,1H3. The molecule has 0 N–H and O–H groups in total. The number of halogens is 1. The summed E-state index contributed by atoms with van der Waals surface area (Å²) in [5.74, 6) is 0.301. The Labute approximate surface area is 121 Å². The summed E-state index contributed by atoms with van der Waals surface area (Å²) >= 11 is 3.59. The summed E-state index contributed by atoms with van der Waals surface area (Å²) in [6.07, 6.45) is 2.69. The molecular weight excluding hydrogens is 302 g/mol. The monoisotopic (exact) mass is 317 g/mol. The molecule has 0 spiro atoms. The molecule has 1 heterocycles. The molecule has 1 aliphatic carbocycles. The lowest BCUT2D eigenvalue weighted by atomic mass is 9.96. The molecule has 98 valence electrons. The number of carbonyl (C=O) groups excluding carboxylic acids is 1. The lowest BCUT2D eigenvalue weighted by Gasteiger charge is -2.16. The Bertz CT molecular complexity index is 642. The van der Waals surface area contributed by atoms with Crippen LogP contribution in [0, 0.1) is 6.92 Å². The Morgan fingerprint density at radius 1 is 1.26 bits per heavy atom. The van der Waals surface area contributed by atoms with E-state index in [1.807, 2.05) is 12.1 Å². The zero-order valence-corrected chi connectivity index (χ0v) is 12.5. The maximum atomic E-state index is 11.9. The number of aromatic nitrogens is 1. The largest absolute Gasteiger partial charge is 0.344 e. The van der Waals surface area contributed by atoms with Crippen molar-refractivity contribution in [1.82, 2.24) is 4.57 Å². The molecule has 0 amide bonds. The van der Waals surface area contributed by atoms with Crippen molar-refractivity contribution in [2.24, 2.45) is 0 Å². The SMILES string of the molecule is Cc1cc2c(n1Cc1ccccc1Br)CCCC2=O. The summed E-state index contributed by atoms with van der Waals surface area (Å²) in [4.78, 5) is 11.9. The molecule has 3 heteroatoms. The third-order valence-corrected chi connectivity index (χ3v) is 4.59. The number of ketones is 1. The van der Waals surface area contributed by atoms with Crippen molar-refractivity contribution in [3.8, 4) is 0 Å². The summed E-state index contributed by atoms with van der Waals surface area (Å²) in [5.41, 5.74) is 4.58. The van der Waals surface area contributed by atoms with Gasteiger partial charge in [-0.05, 0) is 37.5 Å². The third kappa shape index (κ3) is 2.27. The minimum Gasteiger partial charge on any atom is -0.344 e. The molecular formula is C16H16BrNO. The molecule has 0 bridgehead atoms. The first-order valence-electron chi connectivity index (χ1n) is 6.62. The van der Waals surface area contributed by atoms with Gasteiger partial charge in [0.1, 0.15) is 0 Å². The molecule has 1 aliphatic rings. The molecule has 1 aromatic heterocycles. The number of carbonyl (C=O) groups is 1. The van der Waals surface area contributed by atoms with Crippen LogP contribution in [0.4, 0.5) is 0 Å². The van der Waals surface area contributed by atoms with Crippen molar-refractivity contribution in [1.29, 1.82) is 0 Å². The smallest absolute Gasteiger partial charge is 0.164 e. The fourth-order valence-corrected chi connectivity index (χ4v) is 3.22. The second-order valence-corrected chi connectivity index (χ2v) is 5.95. The number of aryl methyl sites for hydroxylation is 1. The van der Waals surface area contributed by atoms with E-state index in [1.165, 1.54) is 17.0 Å². The van der Waals surface area contributed by atoms with Crippen LogP contribution in [0.1, 0.15) is 40.2 Å². The topological polar surface area (TPSA) is 22.0 Å². The van der Waals surface area contributed by atoms with Crippen LogP contribution in [-0.4, -0.2) is 10.4 Å².